The van der Waals surface area contributed by atoms with E-state index < -0.39 is 0 Å². The Morgan fingerprint density at radius 2 is 2.31 bits per heavy atom. The van der Waals surface area contributed by atoms with Crippen LogP contribution in [0.1, 0.15) is 10.4 Å². The van der Waals surface area contributed by atoms with Crippen LogP contribution in [0.5, 0.6) is 5.88 Å². The molecular weight excluding hydrogens is 220 g/mol. The van der Waals surface area contributed by atoms with E-state index >= 15 is 0 Å². The summed E-state index contributed by atoms with van der Waals surface area (Å²) >= 11 is 1.76. The molecule has 16 heavy (non-hydrogen) atoms. The molecule has 2 rings (SSSR count). The van der Waals surface area contributed by atoms with Crippen molar-refractivity contribution < 1.29 is 4.74 Å². The van der Waals surface area contributed by atoms with E-state index in [1.807, 2.05) is 12.1 Å². The maximum absolute atomic E-state index is 5.18. The predicted octanol–water partition coefficient (Wildman–Crippen LogP) is 3.07. The van der Waals surface area contributed by atoms with Crippen molar-refractivity contribution in [3.8, 4) is 5.88 Å². The predicted molar refractivity (Wildman–Crippen MR) is 67.2 cm³/mol. The van der Waals surface area contributed by atoms with Gasteiger partial charge in [-0.15, -0.1) is 11.3 Å². The van der Waals surface area contributed by atoms with Crippen molar-refractivity contribution in [3.05, 3.63) is 40.2 Å². The second kappa shape index (κ2) is 4.99. The third kappa shape index (κ3) is 2.33. The normalized spacial score (nSPS) is 10.1. The molecule has 0 fully saturated rings. The largest absolute Gasteiger partial charge is 0.480 e. The first kappa shape index (κ1) is 11.0. The molecule has 0 aliphatic carbocycles. The first-order valence-electron chi connectivity index (χ1n) is 5.07. The third-order valence-corrected chi connectivity index (χ3v) is 3.40. The number of pyridine rings is 1. The zero-order chi connectivity index (χ0) is 11.4. The van der Waals surface area contributed by atoms with Crippen molar-refractivity contribution in [2.75, 3.05) is 12.4 Å². The molecule has 0 bridgehead atoms. The molecule has 0 radical (unpaired) electrons. The Hall–Kier alpha value is -1.55. The van der Waals surface area contributed by atoms with Gasteiger partial charge in [0.1, 0.15) is 0 Å². The number of hydrogen-bond acceptors (Lipinski definition) is 4. The van der Waals surface area contributed by atoms with Crippen LogP contribution in [-0.4, -0.2) is 12.1 Å². The minimum atomic E-state index is 0.636. The Balaban J connectivity index is 2.07. The van der Waals surface area contributed by atoms with Gasteiger partial charge in [-0.25, -0.2) is 4.98 Å². The fraction of sp³-hybridized carbons (Fsp3) is 0.250. The Morgan fingerprint density at radius 1 is 1.44 bits per heavy atom. The summed E-state index contributed by atoms with van der Waals surface area (Å²) in [7, 11) is 1.63. The molecule has 0 atom stereocenters. The van der Waals surface area contributed by atoms with Gasteiger partial charge >= 0.3 is 0 Å². The van der Waals surface area contributed by atoms with Crippen molar-refractivity contribution in [1.82, 2.24) is 4.98 Å². The number of aryl methyl sites for hydroxylation is 1. The summed E-state index contributed by atoms with van der Waals surface area (Å²) in [5, 5.41) is 5.43. The van der Waals surface area contributed by atoms with Crippen LogP contribution in [0.2, 0.25) is 0 Å². The van der Waals surface area contributed by atoms with Gasteiger partial charge in [0.05, 0.1) is 12.8 Å². The summed E-state index contributed by atoms with van der Waals surface area (Å²) in [4.78, 5) is 5.48. The van der Waals surface area contributed by atoms with E-state index in [9.17, 15) is 0 Å². The van der Waals surface area contributed by atoms with Gasteiger partial charge in [-0.3, -0.25) is 0 Å². The summed E-state index contributed by atoms with van der Waals surface area (Å²) in [6.45, 7) is 2.93. The lowest BCUT2D eigenvalue weighted by Gasteiger charge is -2.09. The minimum absolute atomic E-state index is 0.636. The quantitative estimate of drug-likeness (QED) is 0.882. The number of anilines is 1. The molecule has 1 N–H and O–H groups in total. The fourth-order valence-corrected chi connectivity index (χ4v) is 2.29. The van der Waals surface area contributed by atoms with E-state index in [1.54, 1.807) is 24.6 Å². The topological polar surface area (TPSA) is 34.1 Å². The molecule has 0 unspecified atom stereocenters. The molecule has 84 valence electrons. The summed E-state index contributed by atoms with van der Waals surface area (Å²) in [5.41, 5.74) is 2.25. The Bertz CT molecular complexity index is 468. The van der Waals surface area contributed by atoms with E-state index in [-0.39, 0.29) is 0 Å². The van der Waals surface area contributed by atoms with Crippen molar-refractivity contribution in [1.29, 1.82) is 0 Å². The van der Waals surface area contributed by atoms with Gasteiger partial charge in [0.25, 0.3) is 0 Å². The molecule has 0 saturated heterocycles. The van der Waals surface area contributed by atoms with Crippen molar-refractivity contribution in [3.63, 3.8) is 0 Å². The maximum atomic E-state index is 5.18. The average Bonchev–Trinajstić information content (AvgIpc) is 2.72. The zero-order valence-electron chi connectivity index (χ0n) is 9.36. The number of methoxy groups -OCH3 is 1. The van der Waals surface area contributed by atoms with E-state index in [2.05, 4.69) is 28.7 Å². The van der Waals surface area contributed by atoms with Crippen LogP contribution in [0.15, 0.2) is 29.8 Å². The van der Waals surface area contributed by atoms with Gasteiger partial charge in [0.2, 0.25) is 5.88 Å². The summed E-state index contributed by atoms with van der Waals surface area (Å²) < 4.78 is 5.18. The Morgan fingerprint density at radius 3 is 3.00 bits per heavy atom. The maximum Gasteiger partial charge on any atom is 0.237 e. The summed E-state index contributed by atoms with van der Waals surface area (Å²) in [6.07, 6.45) is 1.72. The third-order valence-electron chi connectivity index (χ3n) is 2.37. The molecule has 0 saturated carbocycles. The molecule has 0 aromatic carbocycles. The lowest BCUT2D eigenvalue weighted by Crippen LogP contribution is -2.01. The molecule has 0 aliphatic rings. The molecule has 2 heterocycles. The smallest absolute Gasteiger partial charge is 0.237 e. The molecule has 2 aromatic heterocycles. The van der Waals surface area contributed by atoms with Gasteiger partial charge < -0.3 is 10.1 Å². The number of thiophene rings is 1. The van der Waals surface area contributed by atoms with Gasteiger partial charge in [0.15, 0.2) is 0 Å². The standard InChI is InChI=1S/C12H14N2OS/c1-9-5-7-16-11(9)8-14-10-4-3-6-13-12(10)15-2/h3-7,14H,8H2,1-2H3. The van der Waals surface area contributed by atoms with Crippen molar-refractivity contribution >= 4 is 17.0 Å². The SMILES string of the molecule is COc1ncccc1NCc1sccc1C. The highest BCUT2D eigenvalue weighted by molar-refractivity contribution is 7.10. The van der Waals surface area contributed by atoms with Gasteiger partial charge in [0, 0.05) is 17.6 Å². The van der Waals surface area contributed by atoms with Crippen LogP contribution >= 0.6 is 11.3 Å². The van der Waals surface area contributed by atoms with Crippen LogP contribution in [0.4, 0.5) is 5.69 Å². The number of aromatic nitrogens is 1. The molecule has 0 aliphatic heterocycles. The van der Waals surface area contributed by atoms with E-state index in [1.165, 1.54) is 10.4 Å². The van der Waals surface area contributed by atoms with Crippen molar-refractivity contribution in [2.24, 2.45) is 0 Å². The number of nitrogens with one attached hydrogen (secondary N) is 1. The van der Waals surface area contributed by atoms with Gasteiger partial charge in [-0.1, -0.05) is 0 Å². The lowest BCUT2D eigenvalue weighted by molar-refractivity contribution is 0.399. The van der Waals surface area contributed by atoms with Gasteiger partial charge in [-0.2, -0.15) is 0 Å². The van der Waals surface area contributed by atoms with Crippen LogP contribution in [0, 0.1) is 6.92 Å². The highest BCUT2D eigenvalue weighted by Gasteiger charge is 2.04. The van der Waals surface area contributed by atoms with Crippen LogP contribution in [-0.2, 0) is 6.54 Å². The molecule has 0 spiro atoms. The fourth-order valence-electron chi connectivity index (χ4n) is 1.45. The number of hydrogen-bond donors (Lipinski definition) is 1. The van der Waals surface area contributed by atoms with Crippen LogP contribution in [0.3, 0.4) is 0 Å². The lowest BCUT2D eigenvalue weighted by atomic mass is 10.3. The molecule has 2 aromatic rings. The summed E-state index contributed by atoms with van der Waals surface area (Å²) in [6, 6.07) is 5.99. The minimum Gasteiger partial charge on any atom is -0.480 e. The molecule has 0 amide bonds. The van der Waals surface area contributed by atoms with E-state index in [0.29, 0.717) is 5.88 Å². The second-order valence-electron chi connectivity index (χ2n) is 3.44. The first-order chi connectivity index (χ1) is 7.81. The highest BCUT2D eigenvalue weighted by atomic mass is 32.1. The monoisotopic (exact) mass is 234 g/mol. The number of nitrogens with zero attached hydrogens (tertiary/aromatic N) is 1. The zero-order valence-corrected chi connectivity index (χ0v) is 10.2. The average molecular weight is 234 g/mol. The highest BCUT2D eigenvalue weighted by Crippen LogP contribution is 2.22. The molecule has 4 heteroatoms. The first-order valence-corrected chi connectivity index (χ1v) is 5.95. The van der Waals surface area contributed by atoms with E-state index in [0.717, 1.165) is 12.2 Å². The van der Waals surface area contributed by atoms with Gasteiger partial charge in [-0.05, 0) is 36.1 Å². The molecule has 3 nitrogen and oxygen atoms in total. The summed E-state index contributed by atoms with van der Waals surface area (Å²) in [5.74, 6) is 0.636. The second-order valence-corrected chi connectivity index (χ2v) is 4.44. The number of ether oxygens (including phenoxy) is 1. The van der Waals surface area contributed by atoms with E-state index in [4.69, 9.17) is 4.74 Å². The number of rotatable bonds is 4. The Labute approximate surface area is 99.1 Å². The molecular formula is C12H14N2OS. The van der Waals surface area contributed by atoms with Crippen LogP contribution < -0.4 is 10.1 Å². The van der Waals surface area contributed by atoms with Crippen molar-refractivity contribution in [2.45, 2.75) is 13.5 Å². The van der Waals surface area contributed by atoms with Crippen LogP contribution in [0.25, 0.3) is 0 Å². The Kier molecular flexibility index (Phi) is 3.41.